The second-order valence-corrected chi connectivity index (χ2v) is 6.85. The van der Waals surface area contributed by atoms with Gasteiger partial charge in [0.1, 0.15) is 0 Å². The number of hydrogen-bond donors (Lipinski definition) is 0. The molecule has 0 aromatic heterocycles. The lowest BCUT2D eigenvalue weighted by Crippen LogP contribution is -2.57. The standard InChI is InChI=1S/C16H27N3O2/c1-17-9-11-18(12-10-17)15(20)16(21)19-8-4-6-13-5-2-3-7-14(13)19/h13-14H,2-12H2,1H3. The van der Waals surface area contributed by atoms with Crippen LogP contribution in [0.15, 0.2) is 0 Å². The number of carbonyl (C=O) groups excluding carboxylic acids is 2. The number of amides is 2. The molecule has 5 nitrogen and oxygen atoms in total. The molecule has 0 bridgehead atoms. The van der Waals surface area contributed by atoms with Crippen molar-refractivity contribution in [1.82, 2.24) is 14.7 Å². The number of piperidine rings is 1. The third-order valence-corrected chi connectivity index (χ3v) is 5.48. The maximum absolute atomic E-state index is 12.7. The van der Waals surface area contributed by atoms with Gasteiger partial charge in [-0.05, 0) is 38.6 Å². The molecule has 21 heavy (non-hydrogen) atoms. The Hall–Kier alpha value is -1.10. The summed E-state index contributed by atoms with van der Waals surface area (Å²) in [7, 11) is 2.06. The van der Waals surface area contributed by atoms with Gasteiger partial charge in [0.05, 0.1) is 0 Å². The molecule has 3 fully saturated rings. The van der Waals surface area contributed by atoms with E-state index >= 15 is 0 Å². The molecule has 0 aromatic rings. The van der Waals surface area contributed by atoms with Crippen LogP contribution in [0.1, 0.15) is 38.5 Å². The lowest BCUT2D eigenvalue weighted by molar-refractivity contribution is -0.156. The smallest absolute Gasteiger partial charge is 0.312 e. The monoisotopic (exact) mass is 293 g/mol. The van der Waals surface area contributed by atoms with Crippen molar-refractivity contribution in [3.05, 3.63) is 0 Å². The number of likely N-dealkylation sites (tertiary alicyclic amines) is 1. The van der Waals surface area contributed by atoms with Crippen molar-refractivity contribution in [1.29, 1.82) is 0 Å². The highest BCUT2D eigenvalue weighted by Crippen LogP contribution is 2.35. The van der Waals surface area contributed by atoms with Crippen LogP contribution in [-0.4, -0.2) is 72.3 Å². The van der Waals surface area contributed by atoms with Gasteiger partial charge in [0.25, 0.3) is 0 Å². The predicted molar refractivity (Wildman–Crippen MR) is 80.8 cm³/mol. The van der Waals surface area contributed by atoms with E-state index in [1.807, 2.05) is 4.90 Å². The number of hydrogen-bond acceptors (Lipinski definition) is 3. The Labute approximate surface area is 127 Å². The molecule has 1 aliphatic carbocycles. The SMILES string of the molecule is CN1CCN(C(=O)C(=O)N2CCCC3CCCCC32)CC1. The first kappa shape index (κ1) is 14.8. The highest BCUT2D eigenvalue weighted by Gasteiger charge is 2.39. The Bertz CT molecular complexity index is 402. The van der Waals surface area contributed by atoms with Gasteiger partial charge in [-0.3, -0.25) is 9.59 Å². The topological polar surface area (TPSA) is 43.9 Å². The molecule has 2 amide bonds. The maximum atomic E-state index is 12.7. The second-order valence-electron chi connectivity index (χ2n) is 6.85. The van der Waals surface area contributed by atoms with Crippen LogP contribution in [0.3, 0.4) is 0 Å². The van der Waals surface area contributed by atoms with Crippen LogP contribution in [0, 0.1) is 5.92 Å². The van der Waals surface area contributed by atoms with E-state index in [-0.39, 0.29) is 11.8 Å². The fourth-order valence-electron chi connectivity index (χ4n) is 4.14. The van der Waals surface area contributed by atoms with Crippen LogP contribution in [0.2, 0.25) is 0 Å². The van der Waals surface area contributed by atoms with Gasteiger partial charge in [-0.15, -0.1) is 0 Å². The summed E-state index contributed by atoms with van der Waals surface area (Å²) < 4.78 is 0. The fraction of sp³-hybridized carbons (Fsp3) is 0.875. The van der Waals surface area contributed by atoms with E-state index in [4.69, 9.17) is 0 Å². The summed E-state index contributed by atoms with van der Waals surface area (Å²) in [6.45, 7) is 3.88. The van der Waals surface area contributed by atoms with Crippen LogP contribution < -0.4 is 0 Å². The van der Waals surface area contributed by atoms with Gasteiger partial charge in [0, 0.05) is 38.8 Å². The molecular weight excluding hydrogens is 266 g/mol. The van der Waals surface area contributed by atoms with Crippen LogP contribution in [0.4, 0.5) is 0 Å². The van der Waals surface area contributed by atoms with E-state index in [9.17, 15) is 9.59 Å². The van der Waals surface area contributed by atoms with Gasteiger partial charge in [-0.1, -0.05) is 12.8 Å². The molecule has 2 atom stereocenters. The molecule has 2 aliphatic heterocycles. The second kappa shape index (κ2) is 6.34. The Balaban J connectivity index is 1.64. The molecule has 118 valence electrons. The van der Waals surface area contributed by atoms with Gasteiger partial charge in [0.2, 0.25) is 0 Å². The average molecular weight is 293 g/mol. The summed E-state index contributed by atoms with van der Waals surface area (Å²) in [5, 5.41) is 0. The minimum atomic E-state index is -0.269. The molecule has 5 heteroatoms. The number of nitrogens with zero attached hydrogens (tertiary/aromatic N) is 3. The summed E-state index contributed by atoms with van der Waals surface area (Å²) in [5.41, 5.74) is 0. The Morgan fingerprint density at radius 1 is 0.810 bits per heavy atom. The number of carbonyl (C=O) groups is 2. The lowest BCUT2D eigenvalue weighted by atomic mass is 9.78. The van der Waals surface area contributed by atoms with Gasteiger partial charge in [-0.25, -0.2) is 0 Å². The first-order chi connectivity index (χ1) is 10.2. The maximum Gasteiger partial charge on any atom is 0.312 e. The molecule has 3 rings (SSSR count). The molecule has 2 saturated heterocycles. The molecule has 0 spiro atoms. The first-order valence-electron chi connectivity index (χ1n) is 8.45. The summed E-state index contributed by atoms with van der Waals surface area (Å²) in [6.07, 6.45) is 7.10. The van der Waals surface area contributed by atoms with Crippen molar-refractivity contribution >= 4 is 11.8 Å². The number of piperazine rings is 1. The highest BCUT2D eigenvalue weighted by atomic mass is 16.2. The van der Waals surface area contributed by atoms with E-state index in [1.165, 1.54) is 25.7 Å². The largest absolute Gasteiger partial charge is 0.332 e. The number of fused-ring (bicyclic) bond motifs is 1. The Morgan fingerprint density at radius 3 is 2.24 bits per heavy atom. The van der Waals surface area contributed by atoms with Crippen molar-refractivity contribution < 1.29 is 9.59 Å². The van der Waals surface area contributed by atoms with Gasteiger partial charge >= 0.3 is 11.8 Å². The molecule has 0 radical (unpaired) electrons. The zero-order valence-electron chi connectivity index (χ0n) is 13.1. The lowest BCUT2D eigenvalue weighted by Gasteiger charge is -2.44. The predicted octanol–water partition coefficient (Wildman–Crippen LogP) is 0.942. The summed E-state index contributed by atoms with van der Waals surface area (Å²) >= 11 is 0. The molecule has 2 unspecified atom stereocenters. The zero-order chi connectivity index (χ0) is 14.8. The van der Waals surface area contributed by atoms with Crippen LogP contribution >= 0.6 is 0 Å². The summed E-state index contributed by atoms with van der Waals surface area (Å²) in [6, 6.07) is 0.330. The van der Waals surface area contributed by atoms with Crippen molar-refractivity contribution in [3.8, 4) is 0 Å². The van der Waals surface area contributed by atoms with E-state index < -0.39 is 0 Å². The van der Waals surface area contributed by atoms with E-state index in [2.05, 4.69) is 11.9 Å². The van der Waals surface area contributed by atoms with Crippen LogP contribution in [-0.2, 0) is 9.59 Å². The normalized spacial score (nSPS) is 30.9. The van der Waals surface area contributed by atoms with E-state index in [0.717, 1.165) is 32.5 Å². The first-order valence-corrected chi connectivity index (χ1v) is 8.45. The average Bonchev–Trinajstić information content (AvgIpc) is 2.53. The number of rotatable bonds is 0. The molecule has 3 aliphatic rings. The third-order valence-electron chi connectivity index (χ3n) is 5.48. The number of likely N-dealkylation sites (N-methyl/N-ethyl adjacent to an activating group) is 1. The molecule has 0 N–H and O–H groups in total. The van der Waals surface area contributed by atoms with Crippen molar-refractivity contribution in [2.45, 2.75) is 44.6 Å². The Kier molecular flexibility index (Phi) is 4.48. The molecule has 1 saturated carbocycles. The minimum Gasteiger partial charge on any atom is -0.332 e. The van der Waals surface area contributed by atoms with Gasteiger partial charge in [-0.2, -0.15) is 0 Å². The van der Waals surface area contributed by atoms with Crippen molar-refractivity contribution in [2.24, 2.45) is 5.92 Å². The molecular formula is C16H27N3O2. The van der Waals surface area contributed by atoms with Crippen molar-refractivity contribution in [3.63, 3.8) is 0 Å². The molecule has 0 aromatic carbocycles. The molecule has 2 heterocycles. The zero-order valence-corrected chi connectivity index (χ0v) is 13.1. The Morgan fingerprint density at radius 2 is 1.48 bits per heavy atom. The highest BCUT2D eigenvalue weighted by molar-refractivity contribution is 6.35. The van der Waals surface area contributed by atoms with E-state index in [1.54, 1.807) is 4.90 Å². The third kappa shape index (κ3) is 3.07. The van der Waals surface area contributed by atoms with Crippen LogP contribution in [0.5, 0.6) is 0 Å². The summed E-state index contributed by atoms with van der Waals surface area (Å²) in [5.74, 6) is 0.127. The van der Waals surface area contributed by atoms with Gasteiger partial charge < -0.3 is 14.7 Å². The minimum absolute atomic E-state index is 0.240. The van der Waals surface area contributed by atoms with Gasteiger partial charge in [0.15, 0.2) is 0 Å². The fourth-order valence-corrected chi connectivity index (χ4v) is 4.14. The van der Waals surface area contributed by atoms with Crippen molar-refractivity contribution in [2.75, 3.05) is 39.8 Å². The van der Waals surface area contributed by atoms with E-state index in [0.29, 0.717) is 25.0 Å². The quantitative estimate of drug-likeness (QED) is 0.624. The van der Waals surface area contributed by atoms with Crippen LogP contribution in [0.25, 0.3) is 0 Å². The summed E-state index contributed by atoms with van der Waals surface area (Å²) in [4.78, 5) is 31.0.